The van der Waals surface area contributed by atoms with E-state index in [1.807, 2.05) is 0 Å². The van der Waals surface area contributed by atoms with Crippen molar-refractivity contribution in [3.05, 3.63) is 28.3 Å². The molecule has 72 valence electrons. The summed E-state index contributed by atoms with van der Waals surface area (Å²) < 4.78 is 37.1. The molecule has 0 bridgehead atoms. The van der Waals surface area contributed by atoms with Crippen LogP contribution >= 0.6 is 27.5 Å². The molecular weight excluding hydrogens is 270 g/mol. The Morgan fingerprint density at radius 3 is 2.62 bits per heavy atom. The number of halogens is 5. The zero-order chi connectivity index (χ0) is 10.0. The highest BCUT2D eigenvalue weighted by molar-refractivity contribution is 9.08. The van der Waals surface area contributed by atoms with Crippen LogP contribution < -0.4 is 0 Å². The van der Waals surface area contributed by atoms with Crippen LogP contribution in [0.5, 0.6) is 0 Å². The lowest BCUT2D eigenvalue weighted by Gasteiger charge is -2.05. The zero-order valence-corrected chi connectivity index (χ0v) is 8.54. The Hall–Kier alpha value is -0.290. The lowest BCUT2D eigenvalue weighted by atomic mass is 10.2. The van der Waals surface area contributed by atoms with Gasteiger partial charge in [-0.2, -0.15) is 4.39 Å². The third kappa shape index (κ3) is 2.34. The largest absolute Gasteiger partial charge is 0.265 e. The third-order valence-electron chi connectivity index (χ3n) is 1.38. The third-order valence-corrected chi connectivity index (χ3v) is 2.35. The Bertz CT molecular complexity index is 319. The van der Waals surface area contributed by atoms with E-state index in [0.29, 0.717) is 6.07 Å². The average molecular weight is 274 g/mol. The molecule has 0 saturated carbocycles. The van der Waals surface area contributed by atoms with E-state index in [9.17, 15) is 13.2 Å². The minimum Gasteiger partial charge on any atom is -0.222 e. The number of rotatable bonds is 2. The Morgan fingerprint density at radius 1 is 1.54 bits per heavy atom. The molecule has 1 heterocycles. The molecule has 0 radical (unpaired) electrons. The quantitative estimate of drug-likeness (QED) is 0.592. The molecule has 0 aliphatic carbocycles. The summed E-state index contributed by atoms with van der Waals surface area (Å²) in [4.78, 5) is 3.36. The predicted octanol–water partition coefficient (Wildman–Crippen LogP) is 3.71. The molecule has 1 nitrogen and oxygen atoms in total. The van der Waals surface area contributed by atoms with Gasteiger partial charge >= 0.3 is 0 Å². The number of alkyl halides is 3. The van der Waals surface area contributed by atoms with Crippen molar-refractivity contribution in [1.29, 1.82) is 0 Å². The van der Waals surface area contributed by atoms with E-state index >= 15 is 0 Å². The smallest absolute Gasteiger partial charge is 0.222 e. The van der Waals surface area contributed by atoms with Crippen molar-refractivity contribution in [1.82, 2.24) is 4.98 Å². The second-order valence-corrected chi connectivity index (χ2v) is 3.17. The van der Waals surface area contributed by atoms with Gasteiger partial charge in [-0.05, 0) is 0 Å². The summed E-state index contributed by atoms with van der Waals surface area (Å²) >= 11 is 8.50. The van der Waals surface area contributed by atoms with Crippen LogP contribution in [0.4, 0.5) is 13.2 Å². The Morgan fingerprint density at radius 2 is 2.15 bits per heavy atom. The number of nitrogens with zero attached hydrogens (tertiary/aromatic N) is 1. The van der Waals surface area contributed by atoms with Crippen molar-refractivity contribution in [3.63, 3.8) is 0 Å². The number of aromatic nitrogens is 1. The summed E-state index contributed by atoms with van der Waals surface area (Å²) in [5, 5.41) is -0.0446. The molecule has 13 heavy (non-hydrogen) atoms. The second kappa shape index (κ2) is 4.28. The molecule has 0 amide bonds. The van der Waals surface area contributed by atoms with Crippen LogP contribution in [0.25, 0.3) is 0 Å². The average Bonchev–Trinajstić information content (AvgIpc) is 2.08. The van der Waals surface area contributed by atoms with Crippen molar-refractivity contribution in [2.45, 2.75) is 11.8 Å². The summed E-state index contributed by atoms with van der Waals surface area (Å²) in [6.45, 7) is 0. The first-order chi connectivity index (χ1) is 6.06. The summed E-state index contributed by atoms with van der Waals surface area (Å²) in [5.74, 6) is -0.950. The van der Waals surface area contributed by atoms with Gasteiger partial charge in [0.2, 0.25) is 5.95 Å². The minimum atomic E-state index is -2.79. The van der Waals surface area contributed by atoms with E-state index in [1.54, 1.807) is 0 Å². The predicted molar refractivity (Wildman–Crippen MR) is 46.8 cm³/mol. The Labute approximate surface area is 86.0 Å². The van der Waals surface area contributed by atoms with Gasteiger partial charge < -0.3 is 0 Å². The summed E-state index contributed by atoms with van der Waals surface area (Å²) in [6.07, 6.45) is -2.79. The maximum atomic E-state index is 12.6. The van der Waals surface area contributed by atoms with Crippen molar-refractivity contribution >= 4 is 27.5 Å². The molecule has 6 heteroatoms. The van der Waals surface area contributed by atoms with Gasteiger partial charge in [0.15, 0.2) is 0 Å². The molecule has 1 aromatic rings. The molecule has 0 spiro atoms. The van der Waals surface area contributed by atoms with E-state index in [-0.39, 0.29) is 16.0 Å². The topological polar surface area (TPSA) is 12.9 Å². The molecule has 1 rings (SSSR count). The van der Waals surface area contributed by atoms with Crippen molar-refractivity contribution in [3.8, 4) is 0 Å². The standard InChI is InChI=1S/C7H4BrClF3N/c8-2-4-6(9)3(7(11)12)1-5(10)13-4/h1,7H,2H2. The number of hydrogen-bond acceptors (Lipinski definition) is 1. The van der Waals surface area contributed by atoms with Gasteiger partial charge in [0, 0.05) is 17.0 Å². The van der Waals surface area contributed by atoms with E-state index in [0.717, 1.165) is 0 Å². The highest BCUT2D eigenvalue weighted by Gasteiger charge is 2.17. The maximum absolute atomic E-state index is 12.6. The van der Waals surface area contributed by atoms with Gasteiger partial charge in [0.05, 0.1) is 10.7 Å². The molecule has 0 aromatic carbocycles. The van der Waals surface area contributed by atoms with E-state index in [1.165, 1.54) is 0 Å². The molecule has 0 atom stereocenters. The van der Waals surface area contributed by atoms with Gasteiger partial charge in [0.1, 0.15) is 0 Å². The lowest BCUT2D eigenvalue weighted by Crippen LogP contribution is -1.97. The first kappa shape index (κ1) is 10.8. The van der Waals surface area contributed by atoms with Crippen molar-refractivity contribution in [2.75, 3.05) is 0 Å². The van der Waals surface area contributed by atoms with Crippen LogP contribution in [-0.2, 0) is 5.33 Å². The number of hydrogen-bond donors (Lipinski definition) is 0. The zero-order valence-electron chi connectivity index (χ0n) is 6.20. The van der Waals surface area contributed by atoms with Crippen LogP contribution in [-0.4, -0.2) is 4.98 Å². The fraction of sp³-hybridized carbons (Fsp3) is 0.286. The highest BCUT2D eigenvalue weighted by Crippen LogP contribution is 2.30. The highest BCUT2D eigenvalue weighted by atomic mass is 79.9. The van der Waals surface area contributed by atoms with E-state index in [2.05, 4.69) is 20.9 Å². The molecule has 0 saturated heterocycles. The van der Waals surface area contributed by atoms with Gasteiger partial charge in [-0.3, -0.25) is 0 Å². The molecule has 1 aromatic heterocycles. The monoisotopic (exact) mass is 273 g/mol. The molecule has 0 fully saturated rings. The molecular formula is C7H4BrClF3N. The lowest BCUT2D eigenvalue weighted by molar-refractivity contribution is 0.150. The van der Waals surface area contributed by atoms with Crippen molar-refractivity contribution in [2.24, 2.45) is 0 Å². The van der Waals surface area contributed by atoms with Crippen LogP contribution in [0.3, 0.4) is 0 Å². The van der Waals surface area contributed by atoms with Crippen LogP contribution in [0.15, 0.2) is 6.07 Å². The Kier molecular flexibility index (Phi) is 3.55. The summed E-state index contributed by atoms with van der Waals surface area (Å²) in [5.41, 5.74) is -0.444. The normalized spacial score (nSPS) is 10.9. The molecule has 0 aliphatic rings. The van der Waals surface area contributed by atoms with E-state index < -0.39 is 17.9 Å². The first-order valence-electron chi connectivity index (χ1n) is 3.25. The van der Waals surface area contributed by atoms with Gasteiger partial charge in [-0.15, -0.1) is 0 Å². The Balaban J connectivity index is 3.27. The fourth-order valence-electron chi connectivity index (χ4n) is 0.816. The molecule has 0 aliphatic heterocycles. The van der Waals surface area contributed by atoms with Gasteiger partial charge in [0.25, 0.3) is 6.43 Å². The summed E-state index contributed by atoms with van der Waals surface area (Å²) in [6, 6.07) is 0.638. The van der Waals surface area contributed by atoms with Gasteiger partial charge in [-0.25, -0.2) is 13.8 Å². The second-order valence-electron chi connectivity index (χ2n) is 2.23. The van der Waals surface area contributed by atoms with Gasteiger partial charge in [-0.1, -0.05) is 27.5 Å². The number of pyridine rings is 1. The van der Waals surface area contributed by atoms with Crippen LogP contribution in [0.2, 0.25) is 5.02 Å². The van der Waals surface area contributed by atoms with Crippen LogP contribution in [0, 0.1) is 5.95 Å². The fourth-order valence-corrected chi connectivity index (χ4v) is 1.63. The minimum absolute atomic E-state index is 0.0805. The summed E-state index contributed by atoms with van der Waals surface area (Å²) in [7, 11) is 0. The van der Waals surface area contributed by atoms with E-state index in [4.69, 9.17) is 11.6 Å². The molecule has 0 N–H and O–H groups in total. The van der Waals surface area contributed by atoms with Crippen molar-refractivity contribution < 1.29 is 13.2 Å². The van der Waals surface area contributed by atoms with Crippen LogP contribution in [0.1, 0.15) is 17.7 Å². The molecule has 0 unspecified atom stereocenters. The first-order valence-corrected chi connectivity index (χ1v) is 4.75. The maximum Gasteiger partial charge on any atom is 0.265 e. The SMILES string of the molecule is Fc1cc(C(F)F)c(Cl)c(CBr)n1.